The molecule has 3 rings (SSSR count). The number of anilines is 1. The minimum atomic E-state index is -0.811. The summed E-state index contributed by atoms with van der Waals surface area (Å²) in [6.07, 6.45) is 0.661. The summed E-state index contributed by atoms with van der Waals surface area (Å²) in [6, 6.07) is 21.8. The van der Waals surface area contributed by atoms with Crippen LogP contribution in [0.25, 0.3) is 0 Å². The van der Waals surface area contributed by atoms with Gasteiger partial charge in [-0.05, 0) is 35.7 Å². The zero-order valence-electron chi connectivity index (χ0n) is 15.9. The third-order valence-electron chi connectivity index (χ3n) is 4.30. The second-order valence-electron chi connectivity index (χ2n) is 6.30. The number of hydrogen-bond acceptors (Lipinski definition) is 5. The van der Waals surface area contributed by atoms with Crippen LogP contribution in [0.1, 0.15) is 21.5 Å². The molecule has 29 heavy (non-hydrogen) atoms. The van der Waals surface area contributed by atoms with Gasteiger partial charge in [0.15, 0.2) is 18.1 Å². The van der Waals surface area contributed by atoms with Gasteiger partial charge in [-0.2, -0.15) is 0 Å². The number of phenols is 1. The minimum Gasteiger partial charge on any atom is -0.504 e. The number of aromatic hydroxyl groups is 1. The van der Waals surface area contributed by atoms with Crippen molar-refractivity contribution in [1.29, 1.82) is 0 Å². The lowest BCUT2D eigenvalue weighted by molar-refractivity contribution is -0.119. The molecule has 3 aromatic carbocycles. The number of carbonyl (C=O) groups is 2. The average Bonchev–Trinajstić information content (AvgIpc) is 2.74. The van der Waals surface area contributed by atoms with E-state index < -0.39 is 18.5 Å². The molecule has 1 amide bonds. The van der Waals surface area contributed by atoms with Gasteiger partial charge in [0.25, 0.3) is 5.91 Å². The van der Waals surface area contributed by atoms with Gasteiger partial charge in [-0.3, -0.25) is 4.79 Å². The third-order valence-corrected chi connectivity index (χ3v) is 4.30. The lowest BCUT2D eigenvalue weighted by Crippen LogP contribution is -2.21. The first-order chi connectivity index (χ1) is 14.1. The number of ether oxygens (including phenoxy) is 2. The van der Waals surface area contributed by atoms with Gasteiger partial charge < -0.3 is 19.9 Å². The summed E-state index contributed by atoms with van der Waals surface area (Å²) in [5, 5.41) is 12.8. The number of rotatable bonds is 7. The lowest BCUT2D eigenvalue weighted by atomic mass is 10.0. The van der Waals surface area contributed by atoms with Crippen LogP contribution in [0.3, 0.4) is 0 Å². The van der Waals surface area contributed by atoms with Gasteiger partial charge in [0.05, 0.1) is 7.11 Å². The fourth-order valence-electron chi connectivity index (χ4n) is 2.86. The Balaban J connectivity index is 1.62. The number of hydrogen-bond donors (Lipinski definition) is 2. The van der Waals surface area contributed by atoms with Crippen LogP contribution in [0.4, 0.5) is 5.69 Å². The normalized spacial score (nSPS) is 10.2. The first-order valence-corrected chi connectivity index (χ1v) is 9.03. The molecule has 0 radical (unpaired) electrons. The molecule has 0 heterocycles. The molecule has 6 heteroatoms. The smallest absolute Gasteiger partial charge is 0.342 e. The molecule has 3 aromatic rings. The van der Waals surface area contributed by atoms with Crippen molar-refractivity contribution < 1.29 is 24.2 Å². The lowest BCUT2D eigenvalue weighted by Gasteiger charge is -2.12. The van der Waals surface area contributed by atoms with Crippen LogP contribution in [0, 0.1) is 0 Å². The van der Waals surface area contributed by atoms with Gasteiger partial charge in [-0.15, -0.1) is 0 Å². The second-order valence-corrected chi connectivity index (χ2v) is 6.30. The van der Waals surface area contributed by atoms with Gasteiger partial charge in [-0.1, -0.05) is 54.6 Å². The fraction of sp³-hybridized carbons (Fsp3) is 0.130. The maximum atomic E-state index is 12.3. The number of nitrogens with one attached hydrogen (secondary N) is 1. The van der Waals surface area contributed by atoms with Gasteiger partial charge in [0.2, 0.25) is 0 Å². The van der Waals surface area contributed by atoms with Crippen molar-refractivity contribution in [3.8, 4) is 11.5 Å². The van der Waals surface area contributed by atoms with Crippen molar-refractivity contribution in [3.05, 3.63) is 89.5 Å². The molecule has 2 N–H and O–H groups in total. The first kappa shape index (κ1) is 19.9. The van der Waals surface area contributed by atoms with Crippen molar-refractivity contribution in [2.45, 2.75) is 6.42 Å². The van der Waals surface area contributed by atoms with E-state index in [-0.39, 0.29) is 17.1 Å². The predicted molar refractivity (Wildman–Crippen MR) is 109 cm³/mol. The highest BCUT2D eigenvalue weighted by Crippen LogP contribution is 2.29. The van der Waals surface area contributed by atoms with Crippen LogP contribution in [-0.2, 0) is 16.0 Å². The first-order valence-electron chi connectivity index (χ1n) is 9.03. The molecule has 0 unspecified atom stereocenters. The SMILES string of the molecule is COc1cccc(C(=O)OCC(=O)Nc2ccccc2Cc2ccccc2)c1O. The molecule has 0 aliphatic heterocycles. The third kappa shape index (κ3) is 5.13. The molecule has 0 aliphatic rings. The van der Waals surface area contributed by atoms with Gasteiger partial charge in [0, 0.05) is 5.69 Å². The zero-order valence-corrected chi connectivity index (χ0v) is 15.9. The monoisotopic (exact) mass is 391 g/mol. The summed E-state index contributed by atoms with van der Waals surface area (Å²) < 4.78 is 10.00. The van der Waals surface area contributed by atoms with E-state index >= 15 is 0 Å². The van der Waals surface area contributed by atoms with Crippen LogP contribution in [0.2, 0.25) is 0 Å². The number of amides is 1. The predicted octanol–water partition coefficient (Wildman–Crippen LogP) is 3.79. The quantitative estimate of drug-likeness (QED) is 0.599. The summed E-state index contributed by atoms with van der Waals surface area (Å²) in [4.78, 5) is 24.5. The van der Waals surface area contributed by atoms with Crippen molar-refractivity contribution in [1.82, 2.24) is 0 Å². The molecule has 0 aromatic heterocycles. The van der Waals surface area contributed by atoms with E-state index in [1.165, 1.54) is 19.2 Å². The van der Waals surface area contributed by atoms with Crippen LogP contribution in [0.15, 0.2) is 72.8 Å². The van der Waals surface area contributed by atoms with Crippen LogP contribution >= 0.6 is 0 Å². The Hall–Kier alpha value is -3.80. The average molecular weight is 391 g/mol. The van der Waals surface area contributed by atoms with E-state index in [4.69, 9.17) is 9.47 Å². The highest BCUT2D eigenvalue weighted by atomic mass is 16.5. The van der Waals surface area contributed by atoms with Crippen molar-refractivity contribution >= 4 is 17.6 Å². The number of para-hydroxylation sites is 2. The Morgan fingerprint density at radius 1 is 0.931 bits per heavy atom. The number of benzene rings is 3. The Labute approximate surface area is 168 Å². The maximum absolute atomic E-state index is 12.3. The molecule has 0 spiro atoms. The highest BCUT2D eigenvalue weighted by molar-refractivity contribution is 5.97. The van der Waals surface area contributed by atoms with E-state index in [9.17, 15) is 14.7 Å². The fourth-order valence-corrected chi connectivity index (χ4v) is 2.86. The Kier molecular flexibility index (Phi) is 6.47. The molecule has 0 saturated heterocycles. The molecule has 0 fully saturated rings. The Morgan fingerprint density at radius 3 is 2.41 bits per heavy atom. The molecule has 148 valence electrons. The molecule has 0 atom stereocenters. The molecule has 0 aliphatic carbocycles. The molecular weight excluding hydrogens is 370 g/mol. The molecule has 0 bridgehead atoms. The van der Waals surface area contributed by atoms with Gasteiger partial charge in [-0.25, -0.2) is 4.79 Å². The topological polar surface area (TPSA) is 84.9 Å². The van der Waals surface area contributed by atoms with E-state index in [2.05, 4.69) is 5.32 Å². The van der Waals surface area contributed by atoms with Gasteiger partial charge in [0.1, 0.15) is 5.56 Å². The van der Waals surface area contributed by atoms with Crippen LogP contribution in [-0.4, -0.2) is 30.7 Å². The van der Waals surface area contributed by atoms with E-state index in [0.717, 1.165) is 11.1 Å². The van der Waals surface area contributed by atoms with Crippen molar-refractivity contribution in [2.75, 3.05) is 19.0 Å². The summed E-state index contributed by atoms with van der Waals surface area (Å²) >= 11 is 0. The molecular formula is C23H21NO5. The largest absolute Gasteiger partial charge is 0.504 e. The molecule has 0 saturated carbocycles. The van der Waals surface area contributed by atoms with Crippen LogP contribution < -0.4 is 10.1 Å². The number of methoxy groups -OCH3 is 1. The number of carbonyl (C=O) groups excluding carboxylic acids is 2. The van der Waals surface area contributed by atoms with Crippen molar-refractivity contribution in [2.24, 2.45) is 0 Å². The Morgan fingerprint density at radius 2 is 1.66 bits per heavy atom. The maximum Gasteiger partial charge on any atom is 0.342 e. The number of phenolic OH excluding ortho intramolecular Hbond substituents is 1. The van der Waals surface area contributed by atoms with E-state index in [0.29, 0.717) is 12.1 Å². The highest BCUT2D eigenvalue weighted by Gasteiger charge is 2.17. The molecule has 6 nitrogen and oxygen atoms in total. The second kappa shape index (κ2) is 9.41. The van der Waals surface area contributed by atoms with E-state index in [1.54, 1.807) is 12.1 Å². The summed E-state index contributed by atoms with van der Waals surface area (Å²) in [5.41, 5.74) is 2.65. The van der Waals surface area contributed by atoms with E-state index in [1.807, 2.05) is 48.5 Å². The Bertz CT molecular complexity index is 1000. The minimum absolute atomic E-state index is 0.0679. The zero-order chi connectivity index (χ0) is 20.6. The number of esters is 1. The standard InChI is InChI=1S/C23H21NO5/c1-28-20-13-7-11-18(22(20)26)23(27)29-15-21(25)24-19-12-6-5-10-17(19)14-16-8-3-2-4-9-16/h2-13,26H,14-15H2,1H3,(H,24,25). The van der Waals surface area contributed by atoms with Crippen molar-refractivity contribution in [3.63, 3.8) is 0 Å². The van der Waals surface area contributed by atoms with Crippen LogP contribution in [0.5, 0.6) is 11.5 Å². The summed E-state index contributed by atoms with van der Waals surface area (Å²) in [6.45, 7) is -0.477. The summed E-state index contributed by atoms with van der Waals surface area (Å²) in [5.74, 6) is -1.46. The van der Waals surface area contributed by atoms with Gasteiger partial charge >= 0.3 is 5.97 Å². The summed E-state index contributed by atoms with van der Waals surface area (Å²) in [7, 11) is 1.38.